The molecule has 9 nitrogen and oxygen atoms in total. The van der Waals surface area contributed by atoms with Crippen molar-refractivity contribution in [2.45, 2.75) is 13.8 Å². The van der Waals surface area contributed by atoms with Crippen LogP contribution in [0.1, 0.15) is 34.6 Å². The summed E-state index contributed by atoms with van der Waals surface area (Å²) in [6.45, 7) is 8.54. The maximum absolute atomic E-state index is 12.6. The summed E-state index contributed by atoms with van der Waals surface area (Å²) >= 11 is 0. The van der Waals surface area contributed by atoms with Crippen LogP contribution in [-0.2, 0) is 4.79 Å². The number of rotatable bonds is 9. The van der Waals surface area contributed by atoms with E-state index in [4.69, 9.17) is 4.74 Å². The molecule has 0 atom stereocenters. The summed E-state index contributed by atoms with van der Waals surface area (Å²) in [5.41, 5.74) is 1.44. The van der Waals surface area contributed by atoms with Crippen molar-refractivity contribution in [3.63, 3.8) is 0 Å². The average molecular weight is 469 g/mol. The normalized spacial score (nSPS) is 13.9. The van der Waals surface area contributed by atoms with Gasteiger partial charge in [0.2, 0.25) is 5.91 Å². The molecule has 3 rings (SSSR count). The molecule has 1 fully saturated rings. The van der Waals surface area contributed by atoms with Crippen molar-refractivity contribution in [2.24, 2.45) is 0 Å². The van der Waals surface area contributed by atoms with Gasteiger partial charge in [0.1, 0.15) is 5.75 Å². The number of nitrogens with zero attached hydrogens (tertiary/aromatic N) is 3. The van der Waals surface area contributed by atoms with E-state index in [0.29, 0.717) is 57.1 Å². The summed E-state index contributed by atoms with van der Waals surface area (Å²) < 4.78 is 5.10. The molecule has 2 N–H and O–H groups in total. The number of aromatic carboxylic acids is 1. The van der Waals surface area contributed by atoms with E-state index in [2.05, 4.69) is 15.1 Å². The highest BCUT2D eigenvalue weighted by molar-refractivity contribution is 6.08. The molecular weight excluding hydrogens is 436 g/mol. The lowest BCUT2D eigenvalue weighted by molar-refractivity contribution is -0.132. The van der Waals surface area contributed by atoms with Gasteiger partial charge in [0.05, 0.1) is 24.9 Å². The zero-order valence-corrected chi connectivity index (χ0v) is 19.9. The first-order valence-corrected chi connectivity index (χ1v) is 11.4. The molecule has 182 valence electrons. The minimum Gasteiger partial charge on any atom is -0.497 e. The monoisotopic (exact) mass is 468 g/mol. The van der Waals surface area contributed by atoms with Crippen LogP contribution >= 0.6 is 0 Å². The van der Waals surface area contributed by atoms with Crippen LogP contribution in [0, 0.1) is 0 Å². The first-order chi connectivity index (χ1) is 16.4. The van der Waals surface area contributed by atoms with E-state index in [-0.39, 0.29) is 17.2 Å². The quantitative estimate of drug-likeness (QED) is 0.583. The van der Waals surface area contributed by atoms with E-state index in [9.17, 15) is 19.5 Å². The molecule has 2 aromatic carbocycles. The third kappa shape index (κ3) is 6.05. The van der Waals surface area contributed by atoms with Crippen molar-refractivity contribution < 1.29 is 24.2 Å². The predicted octanol–water partition coefficient (Wildman–Crippen LogP) is 2.64. The van der Waals surface area contributed by atoms with Crippen molar-refractivity contribution in [3.05, 3.63) is 53.6 Å². The van der Waals surface area contributed by atoms with E-state index in [1.165, 1.54) is 0 Å². The molecule has 0 aromatic heterocycles. The zero-order chi connectivity index (χ0) is 24.7. The highest BCUT2D eigenvalue weighted by Crippen LogP contribution is 2.25. The number of benzene rings is 2. The number of piperazine rings is 1. The molecule has 2 amide bonds. The van der Waals surface area contributed by atoms with Gasteiger partial charge in [0, 0.05) is 50.5 Å². The Morgan fingerprint density at radius 1 is 1.00 bits per heavy atom. The number of hydrogen-bond donors (Lipinski definition) is 2. The summed E-state index contributed by atoms with van der Waals surface area (Å²) in [5.74, 6) is -0.757. The number of amides is 2. The van der Waals surface area contributed by atoms with Crippen molar-refractivity contribution in [1.82, 2.24) is 9.80 Å². The van der Waals surface area contributed by atoms with Gasteiger partial charge in [-0.1, -0.05) is 0 Å². The predicted molar refractivity (Wildman–Crippen MR) is 131 cm³/mol. The molecule has 0 spiro atoms. The van der Waals surface area contributed by atoms with Crippen molar-refractivity contribution in [3.8, 4) is 5.75 Å². The molecule has 0 bridgehead atoms. The van der Waals surface area contributed by atoms with Crippen LogP contribution < -0.4 is 15.0 Å². The van der Waals surface area contributed by atoms with Crippen molar-refractivity contribution in [2.75, 3.05) is 63.1 Å². The van der Waals surface area contributed by atoms with Gasteiger partial charge >= 0.3 is 5.97 Å². The number of anilines is 2. The van der Waals surface area contributed by atoms with Gasteiger partial charge in [-0.25, -0.2) is 4.79 Å². The molecule has 0 aliphatic carbocycles. The molecule has 1 aliphatic rings. The van der Waals surface area contributed by atoms with E-state index in [1.807, 2.05) is 24.8 Å². The smallest absolute Gasteiger partial charge is 0.337 e. The lowest BCUT2D eigenvalue weighted by Gasteiger charge is -2.36. The zero-order valence-electron chi connectivity index (χ0n) is 19.9. The summed E-state index contributed by atoms with van der Waals surface area (Å²) in [5, 5.41) is 12.4. The van der Waals surface area contributed by atoms with Crippen LogP contribution in [0.4, 0.5) is 11.4 Å². The number of carbonyl (C=O) groups excluding carboxylic acids is 2. The van der Waals surface area contributed by atoms with E-state index >= 15 is 0 Å². The van der Waals surface area contributed by atoms with Crippen LogP contribution in [0.3, 0.4) is 0 Å². The molecule has 34 heavy (non-hydrogen) atoms. The fourth-order valence-corrected chi connectivity index (χ4v) is 3.98. The second-order valence-electron chi connectivity index (χ2n) is 8.05. The minimum atomic E-state index is -1.12. The van der Waals surface area contributed by atoms with Gasteiger partial charge in [-0.3, -0.25) is 14.5 Å². The molecule has 0 saturated carbocycles. The first-order valence-electron chi connectivity index (χ1n) is 11.4. The Morgan fingerprint density at radius 2 is 1.65 bits per heavy atom. The Kier molecular flexibility index (Phi) is 8.48. The molecule has 1 heterocycles. The number of carboxylic acid groups (broad SMARTS) is 1. The summed E-state index contributed by atoms with van der Waals surface area (Å²) in [4.78, 5) is 42.9. The second kappa shape index (κ2) is 11.5. The van der Waals surface area contributed by atoms with E-state index in [1.54, 1.807) is 43.5 Å². The Morgan fingerprint density at radius 3 is 2.21 bits per heavy atom. The summed E-state index contributed by atoms with van der Waals surface area (Å²) in [7, 11) is 1.54. The standard InChI is InChI=1S/C25H32N4O5/c1-4-28(5-2)23(30)17-27-12-14-29(15-13-27)19-8-11-22(21(16-19)25(32)33)26-24(31)18-6-9-20(34-3)10-7-18/h6-11,16H,4-5,12-15,17H2,1-3H3,(H,26,31)(H,32,33). The fourth-order valence-electron chi connectivity index (χ4n) is 3.98. The summed E-state index contributed by atoms with van der Waals surface area (Å²) in [6.07, 6.45) is 0. The van der Waals surface area contributed by atoms with Gasteiger partial charge < -0.3 is 25.0 Å². The Bertz CT molecular complexity index is 1010. The molecule has 0 unspecified atom stereocenters. The number of nitrogens with one attached hydrogen (secondary N) is 1. The summed E-state index contributed by atoms with van der Waals surface area (Å²) in [6, 6.07) is 11.6. The fraction of sp³-hybridized carbons (Fsp3) is 0.400. The van der Waals surface area contributed by atoms with Crippen molar-refractivity contribution >= 4 is 29.2 Å². The highest BCUT2D eigenvalue weighted by atomic mass is 16.5. The number of methoxy groups -OCH3 is 1. The lowest BCUT2D eigenvalue weighted by atomic mass is 10.1. The van der Waals surface area contributed by atoms with Crippen LogP contribution in [0.15, 0.2) is 42.5 Å². The topological polar surface area (TPSA) is 102 Å². The SMILES string of the molecule is CCN(CC)C(=O)CN1CCN(c2ccc(NC(=O)c3ccc(OC)cc3)c(C(=O)O)c2)CC1. The number of hydrogen-bond acceptors (Lipinski definition) is 6. The van der Waals surface area contributed by atoms with Gasteiger partial charge in [0.25, 0.3) is 5.91 Å². The molecular formula is C25H32N4O5. The molecule has 2 aromatic rings. The third-order valence-corrected chi connectivity index (χ3v) is 6.05. The van der Waals surface area contributed by atoms with Crippen LogP contribution in [0.2, 0.25) is 0 Å². The maximum Gasteiger partial charge on any atom is 0.337 e. The largest absolute Gasteiger partial charge is 0.497 e. The van der Waals surface area contributed by atoms with Crippen LogP contribution in [-0.4, -0.2) is 85.6 Å². The third-order valence-electron chi connectivity index (χ3n) is 6.05. The Labute approximate surface area is 199 Å². The van der Waals surface area contributed by atoms with Gasteiger partial charge in [0.15, 0.2) is 0 Å². The Balaban J connectivity index is 1.65. The van der Waals surface area contributed by atoms with Gasteiger partial charge in [-0.05, 0) is 56.3 Å². The number of carbonyl (C=O) groups is 3. The van der Waals surface area contributed by atoms with Crippen LogP contribution in [0.5, 0.6) is 5.75 Å². The number of likely N-dealkylation sites (N-methyl/N-ethyl adjacent to an activating group) is 1. The van der Waals surface area contributed by atoms with Crippen LogP contribution in [0.25, 0.3) is 0 Å². The maximum atomic E-state index is 12.6. The van der Waals surface area contributed by atoms with Gasteiger partial charge in [-0.15, -0.1) is 0 Å². The molecule has 1 aliphatic heterocycles. The molecule has 1 saturated heterocycles. The number of ether oxygens (including phenoxy) is 1. The number of carboxylic acids is 1. The highest BCUT2D eigenvalue weighted by Gasteiger charge is 2.22. The minimum absolute atomic E-state index is 0.0264. The van der Waals surface area contributed by atoms with E-state index in [0.717, 1.165) is 5.69 Å². The van der Waals surface area contributed by atoms with Gasteiger partial charge in [-0.2, -0.15) is 0 Å². The molecule has 0 radical (unpaired) electrons. The lowest BCUT2D eigenvalue weighted by Crippen LogP contribution is -2.50. The second-order valence-corrected chi connectivity index (χ2v) is 8.05. The van der Waals surface area contributed by atoms with Crippen molar-refractivity contribution in [1.29, 1.82) is 0 Å². The first kappa shape index (κ1) is 25.0. The molecule has 9 heteroatoms. The van der Waals surface area contributed by atoms with E-state index < -0.39 is 11.9 Å². The average Bonchev–Trinajstić information content (AvgIpc) is 2.85. The Hall–Kier alpha value is -3.59.